The van der Waals surface area contributed by atoms with Gasteiger partial charge in [-0.3, -0.25) is 14.6 Å². The Hall–Kier alpha value is -5.13. The van der Waals surface area contributed by atoms with Gasteiger partial charge < -0.3 is 24.6 Å². The lowest BCUT2D eigenvalue weighted by molar-refractivity contribution is 0.0822. The fourth-order valence-electron chi connectivity index (χ4n) is 4.36. The zero-order valence-electron chi connectivity index (χ0n) is 23.6. The van der Waals surface area contributed by atoms with Crippen LogP contribution in [0.15, 0.2) is 75.2 Å². The average molecular weight is 595 g/mol. The summed E-state index contributed by atoms with van der Waals surface area (Å²) in [5, 5.41) is 9.04. The number of aliphatic imine (C=N–C) groups is 1. The largest absolute Gasteiger partial charge is 0.487 e. The Bertz CT molecular complexity index is 1670. The molecule has 4 aromatic rings. The Labute approximate surface area is 245 Å². The summed E-state index contributed by atoms with van der Waals surface area (Å²) < 4.78 is 51.5. The number of fused-ring (bicyclic) bond motifs is 1. The number of benzene rings is 3. The minimum atomic E-state index is -2.76. The first-order valence-corrected chi connectivity index (χ1v) is 13.1. The van der Waals surface area contributed by atoms with Gasteiger partial charge in [0.2, 0.25) is 6.40 Å². The van der Waals surface area contributed by atoms with E-state index in [-0.39, 0.29) is 34.8 Å². The molecule has 2 amide bonds. The number of alkyl halides is 2. The van der Waals surface area contributed by atoms with E-state index in [4.69, 9.17) is 9.15 Å². The highest BCUT2D eigenvalue weighted by Gasteiger charge is 2.25. The topological polar surface area (TPSA) is 115 Å². The average Bonchev–Trinajstić information content (AvgIpc) is 3.36. The van der Waals surface area contributed by atoms with E-state index >= 15 is 0 Å². The van der Waals surface area contributed by atoms with Crippen LogP contribution in [0.2, 0.25) is 0 Å². The third-order valence-electron chi connectivity index (χ3n) is 6.29. The number of carbonyl (C=O) groups is 2. The van der Waals surface area contributed by atoms with Crippen molar-refractivity contribution in [1.29, 1.82) is 0 Å². The van der Waals surface area contributed by atoms with Crippen molar-refractivity contribution >= 4 is 35.9 Å². The molecule has 0 radical (unpaired) electrons. The molecular formula is C31H29F3N4O5. The summed E-state index contributed by atoms with van der Waals surface area (Å²) in [5.74, 6) is -1.13. The summed E-state index contributed by atoms with van der Waals surface area (Å²) in [6, 6.07) is 14.9. The maximum absolute atomic E-state index is 13.6. The summed E-state index contributed by atoms with van der Waals surface area (Å²) in [7, 11) is 1.45. The summed E-state index contributed by atoms with van der Waals surface area (Å²) in [6.07, 6.45) is -1.64. The summed E-state index contributed by atoms with van der Waals surface area (Å²) in [6.45, 7) is 6.02. The fourth-order valence-corrected chi connectivity index (χ4v) is 4.36. The van der Waals surface area contributed by atoms with Crippen LogP contribution in [0.5, 0.6) is 5.75 Å². The predicted octanol–water partition coefficient (Wildman–Crippen LogP) is 6.08. The Morgan fingerprint density at radius 1 is 1.07 bits per heavy atom. The van der Waals surface area contributed by atoms with E-state index in [1.54, 1.807) is 44.2 Å². The SMILES string of the molecule is C=NOC=NCC(C)(C)NC(=O)c1cccc(-c2cc3c(C(=O)NC)c(-c4ccc(F)cc4)oc3cc2OCC(F)F)c1. The van der Waals surface area contributed by atoms with Crippen molar-refractivity contribution in [3.8, 4) is 28.2 Å². The molecule has 0 aliphatic heterocycles. The maximum atomic E-state index is 13.6. The predicted molar refractivity (Wildman–Crippen MR) is 157 cm³/mol. The first-order chi connectivity index (χ1) is 20.5. The summed E-state index contributed by atoms with van der Waals surface area (Å²) in [4.78, 5) is 34.9. The van der Waals surface area contributed by atoms with Gasteiger partial charge >= 0.3 is 0 Å². The van der Waals surface area contributed by atoms with E-state index in [1.807, 2.05) is 0 Å². The lowest BCUT2D eigenvalue weighted by Crippen LogP contribution is -2.45. The third kappa shape index (κ3) is 7.39. The zero-order chi connectivity index (χ0) is 31.1. The molecule has 9 nitrogen and oxygen atoms in total. The number of nitrogens with one attached hydrogen (secondary N) is 2. The molecule has 0 unspecified atom stereocenters. The van der Waals surface area contributed by atoms with Gasteiger partial charge in [-0.05, 0) is 61.9 Å². The first kappa shape index (κ1) is 30.8. The van der Waals surface area contributed by atoms with Crippen molar-refractivity contribution in [3.05, 3.63) is 77.6 Å². The van der Waals surface area contributed by atoms with Gasteiger partial charge in [0, 0.05) is 41.9 Å². The van der Waals surface area contributed by atoms with E-state index in [0.29, 0.717) is 22.1 Å². The second-order valence-corrected chi connectivity index (χ2v) is 10.0. The van der Waals surface area contributed by atoms with Crippen LogP contribution < -0.4 is 15.4 Å². The van der Waals surface area contributed by atoms with Crippen LogP contribution in [0.4, 0.5) is 13.2 Å². The highest BCUT2D eigenvalue weighted by Crippen LogP contribution is 2.41. The van der Waals surface area contributed by atoms with Gasteiger partial charge in [0.25, 0.3) is 18.2 Å². The lowest BCUT2D eigenvalue weighted by atomic mass is 9.97. The lowest BCUT2D eigenvalue weighted by Gasteiger charge is -2.24. The van der Waals surface area contributed by atoms with Gasteiger partial charge in [-0.15, -0.1) is 0 Å². The van der Waals surface area contributed by atoms with Crippen molar-refractivity contribution in [2.24, 2.45) is 10.1 Å². The molecule has 0 saturated carbocycles. The molecule has 4 rings (SSSR count). The second-order valence-electron chi connectivity index (χ2n) is 10.0. The quantitative estimate of drug-likeness (QED) is 0.117. The van der Waals surface area contributed by atoms with Crippen LogP contribution in [0.25, 0.3) is 33.4 Å². The molecule has 0 aliphatic rings. The van der Waals surface area contributed by atoms with Crippen LogP contribution in [0.1, 0.15) is 34.6 Å². The van der Waals surface area contributed by atoms with Crippen LogP contribution in [0, 0.1) is 5.82 Å². The number of hydrogen-bond acceptors (Lipinski definition) is 7. The molecular weight excluding hydrogens is 565 g/mol. The maximum Gasteiger partial charge on any atom is 0.272 e. The van der Waals surface area contributed by atoms with Crippen LogP contribution in [-0.4, -0.2) is 57.1 Å². The molecule has 0 bridgehead atoms. The Balaban J connectivity index is 1.80. The number of amides is 2. The van der Waals surface area contributed by atoms with Crippen molar-refractivity contribution in [2.75, 3.05) is 20.2 Å². The molecule has 2 N–H and O–H groups in total. The number of rotatable bonds is 12. The minimum absolute atomic E-state index is 0.0544. The molecule has 1 heterocycles. The van der Waals surface area contributed by atoms with Gasteiger partial charge in [0.15, 0.2) is 0 Å². The zero-order valence-corrected chi connectivity index (χ0v) is 23.6. The number of nitrogens with zero attached hydrogens (tertiary/aromatic N) is 2. The molecule has 0 atom stereocenters. The van der Waals surface area contributed by atoms with Crippen LogP contribution in [-0.2, 0) is 4.84 Å². The molecule has 1 aromatic heterocycles. The number of oxime groups is 1. The molecule has 3 aromatic carbocycles. The number of furan rings is 1. The third-order valence-corrected chi connectivity index (χ3v) is 6.29. The van der Waals surface area contributed by atoms with Gasteiger partial charge in [-0.25, -0.2) is 13.2 Å². The van der Waals surface area contributed by atoms with Crippen molar-refractivity contribution in [1.82, 2.24) is 10.6 Å². The molecule has 0 saturated heterocycles. The van der Waals surface area contributed by atoms with Crippen LogP contribution in [0.3, 0.4) is 0 Å². The molecule has 0 aliphatic carbocycles. The molecule has 43 heavy (non-hydrogen) atoms. The summed E-state index contributed by atoms with van der Waals surface area (Å²) >= 11 is 0. The molecule has 0 fully saturated rings. The van der Waals surface area contributed by atoms with E-state index in [9.17, 15) is 22.8 Å². The highest BCUT2D eigenvalue weighted by molar-refractivity contribution is 6.12. The van der Waals surface area contributed by atoms with Crippen molar-refractivity contribution in [2.45, 2.75) is 25.8 Å². The van der Waals surface area contributed by atoms with E-state index in [1.165, 1.54) is 37.4 Å². The molecule has 0 spiro atoms. The molecule has 224 valence electrons. The van der Waals surface area contributed by atoms with Crippen molar-refractivity contribution in [3.63, 3.8) is 0 Å². The Morgan fingerprint density at radius 3 is 2.49 bits per heavy atom. The second kappa shape index (κ2) is 13.2. The smallest absolute Gasteiger partial charge is 0.272 e. The summed E-state index contributed by atoms with van der Waals surface area (Å²) in [5.41, 5.74) is 1.13. The van der Waals surface area contributed by atoms with Gasteiger partial charge in [-0.1, -0.05) is 17.3 Å². The monoisotopic (exact) mass is 594 g/mol. The van der Waals surface area contributed by atoms with Gasteiger partial charge in [0.1, 0.15) is 29.5 Å². The normalized spacial score (nSPS) is 11.6. The van der Waals surface area contributed by atoms with Crippen molar-refractivity contribution < 1.29 is 36.8 Å². The number of hydrogen-bond donors (Lipinski definition) is 2. The van der Waals surface area contributed by atoms with Gasteiger partial charge in [0.05, 0.1) is 17.6 Å². The highest BCUT2D eigenvalue weighted by atomic mass is 19.3. The van der Waals surface area contributed by atoms with E-state index < -0.39 is 36.2 Å². The Kier molecular flexibility index (Phi) is 9.49. The molecule has 12 heteroatoms. The van der Waals surface area contributed by atoms with Crippen LogP contribution >= 0.6 is 0 Å². The minimum Gasteiger partial charge on any atom is -0.487 e. The van der Waals surface area contributed by atoms with E-state index in [2.05, 4.69) is 32.3 Å². The standard InChI is InChI=1S/C31H29F3N4O5/c1-31(2,16-37-17-42-36-4)38-29(39)20-7-5-6-19(12-20)22-13-23-25(14-24(22)41-15-26(33)34)43-28(27(23)30(40)35-3)18-8-10-21(32)11-9-18/h5-14,17,26H,4,15-16H2,1-3H3,(H,35,40)(H,38,39). The van der Waals surface area contributed by atoms with Gasteiger partial charge in [-0.2, -0.15) is 0 Å². The fraction of sp³-hybridized carbons (Fsp3) is 0.226. The number of carbonyl (C=O) groups excluding carboxylic acids is 2. The first-order valence-electron chi connectivity index (χ1n) is 13.1. The number of ether oxygens (including phenoxy) is 1. The number of halogens is 3. The Morgan fingerprint density at radius 2 is 1.81 bits per heavy atom. The van der Waals surface area contributed by atoms with E-state index in [0.717, 1.165) is 6.40 Å².